The molecule has 3 rings (SSSR count). The van der Waals surface area contributed by atoms with E-state index in [-0.39, 0.29) is 11.7 Å². The second-order valence-corrected chi connectivity index (χ2v) is 5.37. The molecule has 1 aromatic heterocycles. The Bertz CT molecular complexity index is 659. The molecule has 20 heavy (non-hydrogen) atoms. The molecule has 1 saturated heterocycles. The van der Waals surface area contributed by atoms with E-state index in [9.17, 15) is 4.79 Å². The van der Waals surface area contributed by atoms with Crippen molar-refractivity contribution in [3.63, 3.8) is 0 Å². The predicted molar refractivity (Wildman–Crippen MR) is 79.5 cm³/mol. The van der Waals surface area contributed by atoms with E-state index in [4.69, 9.17) is 4.74 Å². The first kappa shape index (κ1) is 13.2. The zero-order valence-corrected chi connectivity index (χ0v) is 12.1. The van der Waals surface area contributed by atoms with Gasteiger partial charge in [-0.2, -0.15) is 0 Å². The SMILES string of the molecule is CCN1CCCC(n2c(=O)[nH]c3cc(OC)ccc32)C1. The molecule has 0 saturated carbocycles. The Morgan fingerprint density at radius 3 is 3.05 bits per heavy atom. The number of rotatable bonds is 3. The fourth-order valence-electron chi connectivity index (χ4n) is 3.13. The maximum Gasteiger partial charge on any atom is 0.326 e. The number of nitrogens with one attached hydrogen (secondary N) is 1. The lowest BCUT2D eigenvalue weighted by atomic mass is 10.1. The highest BCUT2D eigenvalue weighted by molar-refractivity contribution is 5.77. The average Bonchev–Trinajstić information content (AvgIpc) is 2.82. The summed E-state index contributed by atoms with van der Waals surface area (Å²) in [7, 11) is 1.64. The van der Waals surface area contributed by atoms with Crippen molar-refractivity contribution in [2.45, 2.75) is 25.8 Å². The summed E-state index contributed by atoms with van der Waals surface area (Å²) in [6.07, 6.45) is 2.21. The van der Waals surface area contributed by atoms with Crippen LogP contribution in [0.15, 0.2) is 23.0 Å². The summed E-state index contributed by atoms with van der Waals surface area (Å²) in [4.78, 5) is 17.6. The fraction of sp³-hybridized carbons (Fsp3) is 0.533. The molecule has 1 aliphatic rings. The Labute approximate surface area is 118 Å². The Morgan fingerprint density at radius 1 is 1.45 bits per heavy atom. The summed E-state index contributed by atoms with van der Waals surface area (Å²) in [5.74, 6) is 0.768. The smallest absolute Gasteiger partial charge is 0.326 e. The number of likely N-dealkylation sites (N-methyl/N-ethyl adjacent to an activating group) is 1. The second-order valence-electron chi connectivity index (χ2n) is 5.37. The quantitative estimate of drug-likeness (QED) is 0.932. The summed E-state index contributed by atoms with van der Waals surface area (Å²) in [5.41, 5.74) is 1.80. The van der Waals surface area contributed by atoms with Crippen molar-refractivity contribution in [2.75, 3.05) is 26.7 Å². The number of H-pyrrole nitrogens is 1. The number of hydrogen-bond donors (Lipinski definition) is 1. The van der Waals surface area contributed by atoms with Crippen molar-refractivity contribution in [3.8, 4) is 5.75 Å². The van der Waals surface area contributed by atoms with E-state index in [1.54, 1.807) is 7.11 Å². The number of methoxy groups -OCH3 is 1. The van der Waals surface area contributed by atoms with Crippen LogP contribution in [0.3, 0.4) is 0 Å². The third-order valence-corrected chi connectivity index (χ3v) is 4.22. The van der Waals surface area contributed by atoms with Crippen LogP contribution in [0, 0.1) is 0 Å². The van der Waals surface area contributed by atoms with Gasteiger partial charge in [-0.15, -0.1) is 0 Å². The largest absolute Gasteiger partial charge is 0.497 e. The van der Waals surface area contributed by atoms with Gasteiger partial charge in [-0.1, -0.05) is 6.92 Å². The van der Waals surface area contributed by atoms with Gasteiger partial charge in [-0.3, -0.25) is 4.57 Å². The van der Waals surface area contributed by atoms with Crippen LogP contribution in [0.5, 0.6) is 5.75 Å². The Balaban J connectivity index is 2.02. The Hall–Kier alpha value is -1.75. The van der Waals surface area contributed by atoms with Crippen molar-refractivity contribution in [3.05, 3.63) is 28.7 Å². The van der Waals surface area contributed by atoms with Gasteiger partial charge >= 0.3 is 5.69 Å². The molecule has 0 amide bonds. The molecular formula is C15H21N3O2. The van der Waals surface area contributed by atoms with E-state index in [0.29, 0.717) is 0 Å². The minimum atomic E-state index is -0.0174. The number of hydrogen-bond acceptors (Lipinski definition) is 3. The third-order valence-electron chi connectivity index (χ3n) is 4.22. The first-order valence-corrected chi connectivity index (χ1v) is 7.23. The maximum atomic E-state index is 12.3. The summed E-state index contributed by atoms with van der Waals surface area (Å²) in [5, 5.41) is 0. The highest BCUT2D eigenvalue weighted by Crippen LogP contribution is 2.25. The minimum Gasteiger partial charge on any atom is -0.497 e. The summed E-state index contributed by atoms with van der Waals surface area (Å²) >= 11 is 0. The molecule has 1 atom stereocenters. The first-order chi connectivity index (χ1) is 9.72. The van der Waals surface area contributed by atoms with Crippen LogP contribution in [0.25, 0.3) is 11.0 Å². The molecule has 0 spiro atoms. The third kappa shape index (κ3) is 2.22. The van der Waals surface area contributed by atoms with Gasteiger partial charge < -0.3 is 14.6 Å². The van der Waals surface area contributed by atoms with Gasteiger partial charge in [0.2, 0.25) is 0 Å². The van der Waals surface area contributed by atoms with Gasteiger partial charge in [0.25, 0.3) is 0 Å². The number of ether oxygens (including phenoxy) is 1. The number of piperidine rings is 1. The molecule has 0 bridgehead atoms. The molecule has 1 N–H and O–H groups in total. The lowest BCUT2D eigenvalue weighted by Gasteiger charge is -2.32. The first-order valence-electron chi connectivity index (χ1n) is 7.23. The van der Waals surface area contributed by atoms with Gasteiger partial charge in [0.05, 0.1) is 24.2 Å². The summed E-state index contributed by atoms with van der Waals surface area (Å²) in [6, 6.07) is 6.02. The van der Waals surface area contributed by atoms with Crippen LogP contribution in [-0.4, -0.2) is 41.2 Å². The topological polar surface area (TPSA) is 50.3 Å². The molecular weight excluding hydrogens is 254 g/mol. The molecule has 0 radical (unpaired) electrons. The van der Waals surface area contributed by atoms with E-state index in [1.807, 2.05) is 22.8 Å². The monoisotopic (exact) mass is 275 g/mol. The lowest BCUT2D eigenvalue weighted by Crippen LogP contribution is -2.38. The fourth-order valence-corrected chi connectivity index (χ4v) is 3.13. The predicted octanol–water partition coefficient (Wildman–Crippen LogP) is 2.00. The minimum absolute atomic E-state index is 0.0174. The average molecular weight is 275 g/mol. The van der Waals surface area contributed by atoms with Crippen molar-refractivity contribution in [1.82, 2.24) is 14.5 Å². The molecule has 1 aliphatic heterocycles. The van der Waals surface area contributed by atoms with Crippen molar-refractivity contribution in [1.29, 1.82) is 0 Å². The Morgan fingerprint density at radius 2 is 2.30 bits per heavy atom. The van der Waals surface area contributed by atoms with Crippen LogP contribution in [-0.2, 0) is 0 Å². The van der Waals surface area contributed by atoms with Crippen LogP contribution in [0.4, 0.5) is 0 Å². The normalized spacial score (nSPS) is 20.4. The zero-order chi connectivity index (χ0) is 14.1. The number of likely N-dealkylation sites (tertiary alicyclic amines) is 1. The van der Waals surface area contributed by atoms with Crippen molar-refractivity contribution < 1.29 is 4.74 Å². The molecule has 108 valence electrons. The highest BCUT2D eigenvalue weighted by Gasteiger charge is 2.23. The number of nitrogens with zero attached hydrogens (tertiary/aromatic N) is 2. The van der Waals surface area contributed by atoms with Gasteiger partial charge in [-0.25, -0.2) is 4.79 Å². The molecule has 5 nitrogen and oxygen atoms in total. The van der Waals surface area contributed by atoms with Crippen molar-refractivity contribution >= 4 is 11.0 Å². The van der Waals surface area contributed by atoms with Crippen LogP contribution in [0.1, 0.15) is 25.8 Å². The van der Waals surface area contributed by atoms with Gasteiger partial charge in [0.1, 0.15) is 5.75 Å². The number of aromatic nitrogens is 2. The highest BCUT2D eigenvalue weighted by atomic mass is 16.5. The zero-order valence-electron chi connectivity index (χ0n) is 12.1. The number of fused-ring (bicyclic) bond motifs is 1. The van der Waals surface area contributed by atoms with E-state index in [2.05, 4.69) is 16.8 Å². The molecule has 1 aromatic carbocycles. The summed E-state index contributed by atoms with van der Waals surface area (Å²) in [6.45, 7) is 5.31. The van der Waals surface area contributed by atoms with E-state index in [1.165, 1.54) is 0 Å². The number of imidazole rings is 1. The number of aromatic amines is 1. The second kappa shape index (κ2) is 5.32. The molecule has 1 fully saturated rings. The summed E-state index contributed by atoms with van der Waals surface area (Å²) < 4.78 is 7.13. The van der Waals surface area contributed by atoms with E-state index in [0.717, 1.165) is 49.3 Å². The lowest BCUT2D eigenvalue weighted by molar-refractivity contribution is 0.185. The Kier molecular flexibility index (Phi) is 3.53. The van der Waals surface area contributed by atoms with Crippen LogP contribution < -0.4 is 10.4 Å². The van der Waals surface area contributed by atoms with E-state index >= 15 is 0 Å². The van der Waals surface area contributed by atoms with E-state index < -0.39 is 0 Å². The van der Waals surface area contributed by atoms with Gasteiger partial charge in [0.15, 0.2) is 0 Å². The van der Waals surface area contributed by atoms with Crippen LogP contribution >= 0.6 is 0 Å². The maximum absolute atomic E-state index is 12.3. The molecule has 0 aliphatic carbocycles. The molecule has 1 unspecified atom stereocenters. The number of benzene rings is 1. The standard InChI is InChI=1S/C15H21N3O2/c1-3-17-8-4-5-11(10-17)18-14-7-6-12(20-2)9-13(14)16-15(18)19/h6-7,9,11H,3-5,8,10H2,1-2H3,(H,16,19). The molecule has 2 heterocycles. The molecule has 5 heteroatoms. The van der Waals surface area contributed by atoms with Gasteiger partial charge in [-0.05, 0) is 38.1 Å². The van der Waals surface area contributed by atoms with Crippen molar-refractivity contribution in [2.24, 2.45) is 0 Å². The van der Waals surface area contributed by atoms with Crippen LogP contribution in [0.2, 0.25) is 0 Å². The molecule has 2 aromatic rings. The van der Waals surface area contributed by atoms with Gasteiger partial charge in [0, 0.05) is 12.6 Å².